The second kappa shape index (κ2) is 7.63. The van der Waals surface area contributed by atoms with Crippen molar-refractivity contribution >= 4 is 5.91 Å². The molecule has 2 aromatic rings. The lowest BCUT2D eigenvalue weighted by Gasteiger charge is -2.20. The quantitative estimate of drug-likeness (QED) is 0.801. The molecule has 0 spiro atoms. The maximum Gasteiger partial charge on any atom is 0.254 e. The molecule has 2 aromatic heterocycles. The van der Waals surface area contributed by atoms with Gasteiger partial charge in [0.2, 0.25) is 0 Å². The third kappa shape index (κ3) is 3.44. The summed E-state index contributed by atoms with van der Waals surface area (Å²) in [5.74, 6) is 0.558. The summed E-state index contributed by atoms with van der Waals surface area (Å²) in [6, 6.07) is -0.184. The van der Waals surface area contributed by atoms with Crippen molar-refractivity contribution in [3.05, 3.63) is 29.8 Å². The number of ether oxygens (including phenoxy) is 2. The van der Waals surface area contributed by atoms with Crippen LogP contribution in [0.2, 0.25) is 0 Å². The summed E-state index contributed by atoms with van der Waals surface area (Å²) < 4.78 is 13.9. The van der Waals surface area contributed by atoms with Crippen LogP contribution < -0.4 is 5.32 Å². The first-order valence-corrected chi connectivity index (χ1v) is 10.2. The maximum absolute atomic E-state index is 12.3. The number of H-pyrrole nitrogens is 1. The van der Waals surface area contributed by atoms with E-state index in [1.807, 2.05) is 10.9 Å². The van der Waals surface area contributed by atoms with E-state index in [1.165, 1.54) is 38.3 Å². The molecule has 0 radical (unpaired) electrons. The first-order valence-electron chi connectivity index (χ1n) is 10.2. The van der Waals surface area contributed by atoms with Gasteiger partial charge in [-0.05, 0) is 12.3 Å². The third-order valence-corrected chi connectivity index (χ3v) is 6.22. The Morgan fingerprint density at radius 2 is 2.07 bits per heavy atom. The zero-order valence-corrected chi connectivity index (χ0v) is 15.8. The van der Waals surface area contributed by atoms with Gasteiger partial charge in [0.05, 0.1) is 36.7 Å². The summed E-state index contributed by atoms with van der Waals surface area (Å²) in [6.07, 6.45) is 12.5. The van der Waals surface area contributed by atoms with Crippen LogP contribution >= 0.6 is 0 Å². The summed E-state index contributed by atoms with van der Waals surface area (Å²) >= 11 is 0. The van der Waals surface area contributed by atoms with Crippen LogP contribution in [-0.2, 0) is 15.9 Å². The SMILES string of the molecule is O=C(N[C@H]1CO[C@H]2[C@@H]1OC[C@@H]2n1cc(CC2CCCCC2)nn1)c1cn[nH]c1. The van der Waals surface area contributed by atoms with E-state index < -0.39 is 0 Å². The predicted molar refractivity (Wildman–Crippen MR) is 98.7 cm³/mol. The largest absolute Gasteiger partial charge is 0.371 e. The monoisotopic (exact) mass is 386 g/mol. The molecule has 2 saturated heterocycles. The highest BCUT2D eigenvalue weighted by molar-refractivity contribution is 5.93. The molecule has 4 atom stereocenters. The molecule has 1 amide bonds. The molecule has 4 heterocycles. The highest BCUT2D eigenvalue weighted by atomic mass is 16.6. The first kappa shape index (κ1) is 17.8. The molecule has 3 aliphatic rings. The van der Waals surface area contributed by atoms with Crippen LogP contribution in [0.25, 0.3) is 0 Å². The van der Waals surface area contributed by atoms with Crippen molar-refractivity contribution in [2.45, 2.75) is 62.8 Å². The summed E-state index contributed by atoms with van der Waals surface area (Å²) in [4.78, 5) is 12.3. The summed E-state index contributed by atoms with van der Waals surface area (Å²) in [6.45, 7) is 0.943. The number of aromatic nitrogens is 5. The zero-order chi connectivity index (χ0) is 18.9. The second-order valence-electron chi connectivity index (χ2n) is 8.13. The van der Waals surface area contributed by atoms with Crippen molar-refractivity contribution in [1.29, 1.82) is 0 Å². The minimum Gasteiger partial charge on any atom is -0.371 e. The Morgan fingerprint density at radius 1 is 1.21 bits per heavy atom. The number of carbonyl (C=O) groups is 1. The van der Waals surface area contributed by atoms with Gasteiger partial charge in [0.25, 0.3) is 5.91 Å². The fourth-order valence-electron chi connectivity index (χ4n) is 4.71. The van der Waals surface area contributed by atoms with E-state index in [-0.39, 0.29) is 30.2 Å². The van der Waals surface area contributed by atoms with Crippen molar-refractivity contribution in [3.63, 3.8) is 0 Å². The highest BCUT2D eigenvalue weighted by Crippen LogP contribution is 2.34. The number of hydrogen-bond acceptors (Lipinski definition) is 6. The predicted octanol–water partition coefficient (Wildman–Crippen LogP) is 1.26. The smallest absolute Gasteiger partial charge is 0.254 e. The third-order valence-electron chi connectivity index (χ3n) is 6.22. The lowest BCUT2D eigenvalue weighted by molar-refractivity contribution is 0.0613. The molecule has 28 heavy (non-hydrogen) atoms. The number of nitrogens with one attached hydrogen (secondary N) is 2. The molecule has 0 unspecified atom stereocenters. The fourth-order valence-corrected chi connectivity index (χ4v) is 4.71. The molecular formula is C19H26N6O3. The van der Waals surface area contributed by atoms with Gasteiger partial charge in [0, 0.05) is 12.4 Å². The van der Waals surface area contributed by atoms with E-state index in [2.05, 4.69) is 25.8 Å². The maximum atomic E-state index is 12.3. The van der Waals surface area contributed by atoms with Crippen molar-refractivity contribution < 1.29 is 14.3 Å². The van der Waals surface area contributed by atoms with Crippen LogP contribution in [0, 0.1) is 5.92 Å². The Balaban J connectivity index is 1.21. The molecule has 0 bridgehead atoms. The van der Waals surface area contributed by atoms with Gasteiger partial charge in [-0.1, -0.05) is 37.3 Å². The Bertz CT molecular complexity index is 800. The second-order valence-corrected chi connectivity index (χ2v) is 8.13. The number of rotatable bonds is 5. The molecule has 9 nitrogen and oxygen atoms in total. The standard InChI is InChI=1S/C19H26N6O3/c26-19(13-7-20-21-8-13)22-15-10-27-18-16(11-28-17(15)18)25-9-14(23-24-25)6-12-4-2-1-3-5-12/h7-9,12,15-18H,1-6,10-11H2,(H,20,21)(H,22,26)/t15-,16-,17+,18+/m0/s1. The van der Waals surface area contributed by atoms with Crippen molar-refractivity contribution in [2.24, 2.45) is 5.92 Å². The number of hydrogen-bond donors (Lipinski definition) is 2. The van der Waals surface area contributed by atoms with E-state index in [9.17, 15) is 4.79 Å². The molecule has 9 heteroatoms. The van der Waals surface area contributed by atoms with Gasteiger partial charge >= 0.3 is 0 Å². The van der Waals surface area contributed by atoms with Crippen LogP contribution in [0.3, 0.4) is 0 Å². The van der Waals surface area contributed by atoms with Gasteiger partial charge in [-0.3, -0.25) is 9.89 Å². The normalized spacial score (nSPS) is 30.4. The molecule has 150 valence electrons. The number of nitrogens with zero attached hydrogens (tertiary/aromatic N) is 4. The summed E-state index contributed by atoms with van der Waals surface area (Å²) in [5, 5.41) is 18.2. The lowest BCUT2D eigenvalue weighted by atomic mass is 9.86. The van der Waals surface area contributed by atoms with Gasteiger partial charge in [0.15, 0.2) is 0 Å². The fraction of sp³-hybridized carbons (Fsp3) is 0.684. The molecule has 5 rings (SSSR count). The molecular weight excluding hydrogens is 360 g/mol. The summed E-state index contributed by atoms with van der Waals surface area (Å²) in [5.41, 5.74) is 1.56. The summed E-state index contributed by atoms with van der Waals surface area (Å²) in [7, 11) is 0. The average Bonchev–Trinajstić information content (AvgIpc) is 3.49. The Hall–Kier alpha value is -2.26. The van der Waals surface area contributed by atoms with E-state index in [0.717, 1.165) is 18.0 Å². The van der Waals surface area contributed by atoms with E-state index >= 15 is 0 Å². The van der Waals surface area contributed by atoms with Crippen LogP contribution in [0.1, 0.15) is 54.2 Å². The number of carbonyl (C=O) groups excluding carboxylic acids is 1. The van der Waals surface area contributed by atoms with Gasteiger partial charge in [-0.15, -0.1) is 5.10 Å². The Kier molecular flexibility index (Phi) is 4.86. The van der Waals surface area contributed by atoms with E-state index in [1.54, 1.807) is 6.20 Å². The lowest BCUT2D eigenvalue weighted by Crippen LogP contribution is -2.44. The number of fused-ring (bicyclic) bond motifs is 1. The van der Waals surface area contributed by atoms with E-state index in [4.69, 9.17) is 9.47 Å². The van der Waals surface area contributed by atoms with Crippen molar-refractivity contribution in [2.75, 3.05) is 13.2 Å². The van der Waals surface area contributed by atoms with Gasteiger partial charge < -0.3 is 14.8 Å². The topological polar surface area (TPSA) is 107 Å². The molecule has 2 aliphatic heterocycles. The van der Waals surface area contributed by atoms with Gasteiger partial charge in [-0.2, -0.15) is 5.10 Å². The molecule has 1 aliphatic carbocycles. The molecule has 1 saturated carbocycles. The Morgan fingerprint density at radius 3 is 2.89 bits per heavy atom. The van der Waals surface area contributed by atoms with E-state index in [0.29, 0.717) is 18.8 Å². The first-order chi connectivity index (χ1) is 13.8. The van der Waals surface area contributed by atoms with Crippen LogP contribution in [-0.4, -0.2) is 62.6 Å². The molecule has 0 aromatic carbocycles. The minimum atomic E-state index is -0.178. The van der Waals surface area contributed by atoms with Crippen LogP contribution in [0.4, 0.5) is 0 Å². The van der Waals surface area contributed by atoms with Gasteiger partial charge in [-0.25, -0.2) is 4.68 Å². The van der Waals surface area contributed by atoms with Crippen molar-refractivity contribution in [3.8, 4) is 0 Å². The van der Waals surface area contributed by atoms with Crippen LogP contribution in [0.5, 0.6) is 0 Å². The van der Waals surface area contributed by atoms with Crippen molar-refractivity contribution in [1.82, 2.24) is 30.5 Å². The molecule has 3 fully saturated rings. The molecule has 2 N–H and O–H groups in total. The average molecular weight is 386 g/mol. The minimum absolute atomic E-state index is 0.00608. The van der Waals surface area contributed by atoms with Crippen LogP contribution in [0.15, 0.2) is 18.6 Å². The van der Waals surface area contributed by atoms with Gasteiger partial charge in [0.1, 0.15) is 18.2 Å². The number of aromatic amines is 1. The highest BCUT2D eigenvalue weighted by Gasteiger charge is 2.49. The Labute approximate surface area is 163 Å². The number of amides is 1. The zero-order valence-electron chi connectivity index (χ0n) is 15.8.